The molecule has 0 spiro atoms. The summed E-state index contributed by atoms with van der Waals surface area (Å²) in [5, 5.41) is 14.7. The standard InChI is InChI=1S/C19H17BrN4O3S2/c1-11(25)21-13-4-3-5-14(9-13)22-18-23-24-19(29-18)28-10-16(26)12-6-7-17(27-2)15(20)8-12/h3-9H,10H2,1-2H3,(H,21,25)(H,22,23). The number of nitrogens with zero attached hydrogens (tertiary/aromatic N) is 2. The molecule has 3 aromatic rings. The number of aromatic nitrogens is 2. The molecule has 2 aromatic carbocycles. The molecule has 7 nitrogen and oxygen atoms in total. The van der Waals surface area contributed by atoms with Crippen molar-refractivity contribution in [3.8, 4) is 5.75 Å². The van der Waals surface area contributed by atoms with E-state index < -0.39 is 0 Å². The van der Waals surface area contributed by atoms with Gasteiger partial charge in [-0.2, -0.15) is 0 Å². The summed E-state index contributed by atoms with van der Waals surface area (Å²) in [6.07, 6.45) is 0. The molecule has 0 bridgehead atoms. The highest BCUT2D eigenvalue weighted by Crippen LogP contribution is 2.30. The van der Waals surface area contributed by atoms with Gasteiger partial charge in [-0.3, -0.25) is 9.59 Å². The molecule has 29 heavy (non-hydrogen) atoms. The summed E-state index contributed by atoms with van der Waals surface area (Å²) in [6, 6.07) is 12.5. The van der Waals surface area contributed by atoms with Crippen LogP contribution < -0.4 is 15.4 Å². The summed E-state index contributed by atoms with van der Waals surface area (Å²) in [7, 11) is 1.58. The number of hydrogen-bond acceptors (Lipinski definition) is 8. The van der Waals surface area contributed by atoms with Crippen molar-refractivity contribution in [3.05, 3.63) is 52.5 Å². The van der Waals surface area contributed by atoms with Crippen LogP contribution in [0.5, 0.6) is 5.75 Å². The lowest BCUT2D eigenvalue weighted by Crippen LogP contribution is -2.05. The Morgan fingerprint density at radius 3 is 2.69 bits per heavy atom. The average molecular weight is 493 g/mol. The number of carbonyl (C=O) groups excluding carboxylic acids is 2. The van der Waals surface area contributed by atoms with Gasteiger partial charge in [0.1, 0.15) is 5.75 Å². The fourth-order valence-corrected chi connectivity index (χ4v) is 4.58. The first-order chi connectivity index (χ1) is 13.9. The number of anilines is 3. The zero-order valence-corrected chi connectivity index (χ0v) is 18.8. The predicted molar refractivity (Wildman–Crippen MR) is 120 cm³/mol. The number of thioether (sulfide) groups is 1. The summed E-state index contributed by atoms with van der Waals surface area (Å²) >= 11 is 6.08. The van der Waals surface area contributed by atoms with Crippen LogP contribution in [0.2, 0.25) is 0 Å². The van der Waals surface area contributed by atoms with E-state index in [4.69, 9.17) is 4.74 Å². The Morgan fingerprint density at radius 2 is 1.97 bits per heavy atom. The molecule has 0 saturated heterocycles. The predicted octanol–water partition coefficient (Wildman–Crippen LogP) is 4.99. The number of methoxy groups -OCH3 is 1. The monoisotopic (exact) mass is 492 g/mol. The van der Waals surface area contributed by atoms with E-state index in [0.29, 0.717) is 26.5 Å². The van der Waals surface area contributed by atoms with Crippen LogP contribution in [0, 0.1) is 0 Å². The lowest BCUT2D eigenvalue weighted by Gasteiger charge is -2.06. The lowest BCUT2D eigenvalue weighted by molar-refractivity contribution is -0.114. The molecular formula is C19H17BrN4O3S2. The molecule has 1 aromatic heterocycles. The molecule has 0 unspecified atom stereocenters. The van der Waals surface area contributed by atoms with Gasteiger partial charge >= 0.3 is 0 Å². The molecule has 0 aliphatic rings. The van der Waals surface area contributed by atoms with E-state index in [0.717, 1.165) is 10.2 Å². The van der Waals surface area contributed by atoms with Crippen molar-refractivity contribution in [1.82, 2.24) is 10.2 Å². The second-order valence-electron chi connectivity index (χ2n) is 5.82. The van der Waals surface area contributed by atoms with Crippen molar-refractivity contribution >= 4 is 67.2 Å². The van der Waals surface area contributed by atoms with Crippen LogP contribution in [0.15, 0.2) is 51.3 Å². The van der Waals surface area contributed by atoms with E-state index in [1.807, 2.05) is 12.1 Å². The van der Waals surface area contributed by atoms with E-state index in [2.05, 4.69) is 36.8 Å². The fraction of sp³-hybridized carbons (Fsp3) is 0.158. The van der Waals surface area contributed by atoms with Gasteiger partial charge in [0, 0.05) is 23.9 Å². The topological polar surface area (TPSA) is 93.2 Å². The Hall–Kier alpha value is -2.43. The first kappa shape index (κ1) is 21.3. The number of nitrogens with one attached hydrogen (secondary N) is 2. The maximum atomic E-state index is 12.4. The second kappa shape index (κ2) is 9.86. The van der Waals surface area contributed by atoms with Crippen LogP contribution in [0.25, 0.3) is 0 Å². The first-order valence-corrected chi connectivity index (χ1v) is 11.0. The summed E-state index contributed by atoms with van der Waals surface area (Å²) in [4.78, 5) is 23.6. The van der Waals surface area contributed by atoms with Crippen molar-refractivity contribution in [2.75, 3.05) is 23.5 Å². The molecule has 0 radical (unpaired) electrons. The fourth-order valence-electron chi connectivity index (χ4n) is 2.37. The Kier molecular flexibility index (Phi) is 7.24. The summed E-state index contributed by atoms with van der Waals surface area (Å²) < 4.78 is 6.60. The third-order valence-electron chi connectivity index (χ3n) is 3.64. The molecule has 0 aliphatic carbocycles. The van der Waals surface area contributed by atoms with Gasteiger partial charge in [-0.25, -0.2) is 0 Å². The molecule has 2 N–H and O–H groups in total. The van der Waals surface area contributed by atoms with Crippen molar-refractivity contribution in [1.29, 1.82) is 0 Å². The van der Waals surface area contributed by atoms with Gasteiger partial charge in [-0.1, -0.05) is 29.2 Å². The minimum atomic E-state index is -0.134. The van der Waals surface area contributed by atoms with Gasteiger partial charge < -0.3 is 15.4 Å². The van der Waals surface area contributed by atoms with Crippen molar-refractivity contribution in [2.24, 2.45) is 0 Å². The molecule has 0 aliphatic heterocycles. The summed E-state index contributed by atoms with van der Waals surface area (Å²) in [5.41, 5.74) is 2.07. The highest BCUT2D eigenvalue weighted by Gasteiger charge is 2.12. The zero-order chi connectivity index (χ0) is 20.8. The molecule has 0 saturated carbocycles. The number of ether oxygens (including phenoxy) is 1. The minimum absolute atomic E-state index is 0.00827. The number of amides is 1. The van der Waals surface area contributed by atoms with Gasteiger partial charge in [-0.05, 0) is 52.3 Å². The Bertz CT molecular complexity index is 1040. The number of rotatable bonds is 8. The maximum absolute atomic E-state index is 12.4. The smallest absolute Gasteiger partial charge is 0.221 e. The van der Waals surface area contributed by atoms with Crippen LogP contribution in [-0.2, 0) is 4.79 Å². The SMILES string of the molecule is COc1ccc(C(=O)CSc2nnc(Nc3cccc(NC(C)=O)c3)s2)cc1Br. The largest absolute Gasteiger partial charge is 0.496 e. The third kappa shape index (κ3) is 6.02. The van der Waals surface area contributed by atoms with Crippen LogP contribution in [0.1, 0.15) is 17.3 Å². The van der Waals surface area contributed by atoms with Crippen molar-refractivity contribution in [3.63, 3.8) is 0 Å². The Balaban J connectivity index is 1.58. The van der Waals surface area contributed by atoms with E-state index in [1.165, 1.54) is 30.0 Å². The molecule has 1 heterocycles. The lowest BCUT2D eigenvalue weighted by atomic mass is 10.1. The number of Topliss-reactive ketones (excluding diaryl/α,β-unsaturated/α-hetero) is 1. The highest BCUT2D eigenvalue weighted by molar-refractivity contribution is 9.10. The van der Waals surface area contributed by atoms with Gasteiger partial charge in [0.2, 0.25) is 11.0 Å². The number of halogens is 1. The molecule has 0 fully saturated rings. The Labute approximate surface area is 184 Å². The van der Waals surface area contributed by atoms with Crippen molar-refractivity contribution in [2.45, 2.75) is 11.3 Å². The highest BCUT2D eigenvalue weighted by atomic mass is 79.9. The van der Waals surface area contributed by atoms with Crippen LogP contribution >= 0.6 is 39.0 Å². The summed E-state index contributed by atoms with van der Waals surface area (Å²) in [5.74, 6) is 0.791. The maximum Gasteiger partial charge on any atom is 0.221 e. The third-order valence-corrected chi connectivity index (χ3v) is 6.23. The van der Waals surface area contributed by atoms with Gasteiger partial charge in [0.15, 0.2) is 10.1 Å². The Morgan fingerprint density at radius 1 is 1.17 bits per heavy atom. The van der Waals surface area contributed by atoms with Gasteiger partial charge in [-0.15, -0.1) is 10.2 Å². The van der Waals surface area contributed by atoms with Crippen LogP contribution in [0.4, 0.5) is 16.5 Å². The molecule has 1 amide bonds. The normalized spacial score (nSPS) is 10.4. The van der Waals surface area contributed by atoms with Crippen LogP contribution in [-0.4, -0.2) is 34.8 Å². The van der Waals surface area contributed by atoms with Crippen molar-refractivity contribution < 1.29 is 14.3 Å². The molecule has 3 rings (SSSR count). The number of hydrogen-bond donors (Lipinski definition) is 2. The molecule has 10 heteroatoms. The first-order valence-electron chi connectivity index (χ1n) is 8.42. The zero-order valence-electron chi connectivity index (χ0n) is 15.6. The van der Waals surface area contributed by atoms with Gasteiger partial charge in [0.25, 0.3) is 0 Å². The molecular weight excluding hydrogens is 476 g/mol. The van der Waals surface area contributed by atoms with E-state index in [1.54, 1.807) is 37.4 Å². The van der Waals surface area contributed by atoms with E-state index in [9.17, 15) is 9.59 Å². The quantitative estimate of drug-likeness (QED) is 0.338. The van der Waals surface area contributed by atoms with E-state index in [-0.39, 0.29) is 17.4 Å². The van der Waals surface area contributed by atoms with E-state index >= 15 is 0 Å². The minimum Gasteiger partial charge on any atom is -0.496 e. The number of ketones is 1. The number of benzene rings is 2. The van der Waals surface area contributed by atoms with Gasteiger partial charge in [0.05, 0.1) is 17.3 Å². The second-order valence-corrected chi connectivity index (χ2v) is 8.88. The summed E-state index contributed by atoms with van der Waals surface area (Å²) in [6.45, 7) is 1.46. The molecule has 0 atom stereocenters. The van der Waals surface area contributed by atoms with Crippen LogP contribution in [0.3, 0.4) is 0 Å². The molecule has 150 valence electrons. The number of carbonyl (C=O) groups is 2. The average Bonchev–Trinajstić information content (AvgIpc) is 3.13.